The SMILES string of the molecule is CC(C)NC(=O)COC(=O)c1cc([N+](=O)[O-])ccc1Cl. The molecule has 0 radical (unpaired) electrons. The summed E-state index contributed by atoms with van der Waals surface area (Å²) < 4.78 is 4.75. The summed E-state index contributed by atoms with van der Waals surface area (Å²) in [5.41, 5.74) is -0.439. The minimum Gasteiger partial charge on any atom is -0.452 e. The van der Waals surface area contributed by atoms with Crippen molar-refractivity contribution in [3.05, 3.63) is 38.9 Å². The van der Waals surface area contributed by atoms with Crippen LogP contribution in [0.1, 0.15) is 24.2 Å². The molecule has 7 nitrogen and oxygen atoms in total. The third-order valence-corrected chi connectivity index (χ3v) is 2.49. The van der Waals surface area contributed by atoms with Gasteiger partial charge in [-0.3, -0.25) is 14.9 Å². The molecule has 108 valence electrons. The molecule has 0 spiro atoms. The number of nitro benzene ring substituents is 1. The van der Waals surface area contributed by atoms with E-state index in [0.717, 1.165) is 6.07 Å². The van der Waals surface area contributed by atoms with Crippen LogP contribution in [0, 0.1) is 10.1 Å². The summed E-state index contributed by atoms with van der Waals surface area (Å²) in [6.45, 7) is 3.05. The number of hydrogen-bond acceptors (Lipinski definition) is 5. The fourth-order valence-electron chi connectivity index (χ4n) is 1.36. The fraction of sp³-hybridized carbons (Fsp3) is 0.333. The number of amides is 1. The number of nitrogens with one attached hydrogen (secondary N) is 1. The number of ether oxygens (including phenoxy) is 1. The number of esters is 1. The quantitative estimate of drug-likeness (QED) is 0.509. The summed E-state index contributed by atoms with van der Waals surface area (Å²) in [4.78, 5) is 33.0. The smallest absolute Gasteiger partial charge is 0.340 e. The van der Waals surface area contributed by atoms with Crippen molar-refractivity contribution in [1.29, 1.82) is 0 Å². The first-order chi connectivity index (χ1) is 9.31. The predicted molar refractivity (Wildman–Crippen MR) is 71.7 cm³/mol. The van der Waals surface area contributed by atoms with Crippen molar-refractivity contribution in [2.75, 3.05) is 6.61 Å². The van der Waals surface area contributed by atoms with E-state index in [4.69, 9.17) is 16.3 Å². The van der Waals surface area contributed by atoms with Gasteiger partial charge in [0.15, 0.2) is 6.61 Å². The zero-order chi connectivity index (χ0) is 15.3. The third kappa shape index (κ3) is 4.51. The second kappa shape index (κ2) is 6.85. The van der Waals surface area contributed by atoms with E-state index in [9.17, 15) is 19.7 Å². The highest BCUT2D eigenvalue weighted by Gasteiger charge is 2.18. The molecule has 0 aliphatic carbocycles. The van der Waals surface area contributed by atoms with E-state index in [1.807, 2.05) is 0 Å². The van der Waals surface area contributed by atoms with Gasteiger partial charge in [0.1, 0.15) is 0 Å². The van der Waals surface area contributed by atoms with Crippen molar-refractivity contribution in [1.82, 2.24) is 5.32 Å². The van der Waals surface area contributed by atoms with Crippen LogP contribution in [0.25, 0.3) is 0 Å². The molecule has 0 saturated heterocycles. The Morgan fingerprint density at radius 3 is 2.65 bits per heavy atom. The van der Waals surface area contributed by atoms with Crippen LogP contribution >= 0.6 is 11.6 Å². The molecule has 0 aromatic heterocycles. The number of carbonyl (C=O) groups excluding carboxylic acids is 2. The fourth-order valence-corrected chi connectivity index (χ4v) is 1.55. The largest absolute Gasteiger partial charge is 0.452 e. The van der Waals surface area contributed by atoms with E-state index in [1.54, 1.807) is 13.8 Å². The van der Waals surface area contributed by atoms with Crippen LogP contribution in [0.4, 0.5) is 5.69 Å². The molecule has 1 aromatic rings. The average Bonchev–Trinajstić information content (AvgIpc) is 2.35. The Kier molecular flexibility index (Phi) is 5.45. The van der Waals surface area contributed by atoms with E-state index in [1.165, 1.54) is 12.1 Å². The van der Waals surface area contributed by atoms with Gasteiger partial charge in [0.05, 0.1) is 15.5 Å². The van der Waals surface area contributed by atoms with Crippen LogP contribution in [0.15, 0.2) is 18.2 Å². The molecule has 1 N–H and O–H groups in total. The first-order valence-corrected chi connectivity index (χ1v) is 6.09. The zero-order valence-electron chi connectivity index (χ0n) is 10.9. The van der Waals surface area contributed by atoms with Gasteiger partial charge in [0.25, 0.3) is 11.6 Å². The van der Waals surface area contributed by atoms with Crippen LogP contribution in [0.5, 0.6) is 0 Å². The second-order valence-corrected chi connectivity index (χ2v) is 4.63. The van der Waals surface area contributed by atoms with Crippen LogP contribution in [0.3, 0.4) is 0 Å². The minimum absolute atomic E-state index is 0.0184. The van der Waals surface area contributed by atoms with Crippen LogP contribution < -0.4 is 5.32 Å². The molecule has 1 amide bonds. The Labute approximate surface area is 120 Å². The lowest BCUT2D eigenvalue weighted by atomic mass is 10.2. The highest BCUT2D eigenvalue weighted by molar-refractivity contribution is 6.33. The van der Waals surface area contributed by atoms with Crippen molar-refractivity contribution in [2.24, 2.45) is 0 Å². The standard InChI is InChI=1S/C12H13ClN2O5/c1-7(2)14-11(16)6-20-12(17)9-5-8(15(18)19)3-4-10(9)13/h3-5,7H,6H2,1-2H3,(H,14,16). The molecule has 8 heteroatoms. The Morgan fingerprint density at radius 2 is 2.10 bits per heavy atom. The number of hydrogen-bond donors (Lipinski definition) is 1. The molecule has 1 rings (SSSR count). The molecule has 0 unspecified atom stereocenters. The van der Waals surface area contributed by atoms with E-state index >= 15 is 0 Å². The lowest BCUT2D eigenvalue weighted by molar-refractivity contribution is -0.384. The third-order valence-electron chi connectivity index (χ3n) is 2.16. The van der Waals surface area contributed by atoms with Crippen molar-refractivity contribution in [2.45, 2.75) is 19.9 Å². The van der Waals surface area contributed by atoms with E-state index in [2.05, 4.69) is 5.32 Å². The highest BCUT2D eigenvalue weighted by Crippen LogP contribution is 2.22. The zero-order valence-corrected chi connectivity index (χ0v) is 11.6. The van der Waals surface area contributed by atoms with Crippen molar-refractivity contribution in [3.63, 3.8) is 0 Å². The summed E-state index contributed by atoms with van der Waals surface area (Å²) in [7, 11) is 0. The Morgan fingerprint density at radius 1 is 1.45 bits per heavy atom. The number of benzene rings is 1. The van der Waals surface area contributed by atoms with Gasteiger partial charge in [-0.15, -0.1) is 0 Å². The first kappa shape index (κ1) is 15.9. The molecular weight excluding hydrogens is 288 g/mol. The average molecular weight is 301 g/mol. The molecule has 0 bridgehead atoms. The van der Waals surface area contributed by atoms with E-state index in [0.29, 0.717) is 0 Å². The Balaban J connectivity index is 2.75. The molecule has 20 heavy (non-hydrogen) atoms. The van der Waals surface area contributed by atoms with Crippen molar-refractivity contribution < 1.29 is 19.2 Å². The predicted octanol–water partition coefficient (Wildman–Crippen LogP) is 1.93. The molecule has 0 fully saturated rings. The number of carbonyl (C=O) groups is 2. The van der Waals surface area contributed by atoms with Gasteiger partial charge in [-0.1, -0.05) is 11.6 Å². The molecule has 0 saturated carbocycles. The van der Waals surface area contributed by atoms with Gasteiger partial charge in [0.2, 0.25) is 0 Å². The first-order valence-electron chi connectivity index (χ1n) is 5.71. The molecule has 1 aromatic carbocycles. The van der Waals surface area contributed by atoms with Crippen molar-refractivity contribution in [3.8, 4) is 0 Å². The van der Waals surface area contributed by atoms with Gasteiger partial charge in [-0.25, -0.2) is 4.79 Å². The summed E-state index contributed by atoms with van der Waals surface area (Å²) in [5.74, 6) is -1.35. The summed E-state index contributed by atoms with van der Waals surface area (Å²) >= 11 is 5.77. The lowest BCUT2D eigenvalue weighted by Crippen LogP contribution is -2.34. The maximum absolute atomic E-state index is 11.7. The molecule has 0 aliphatic rings. The minimum atomic E-state index is -0.891. The number of non-ortho nitro benzene ring substituents is 1. The van der Waals surface area contributed by atoms with Gasteiger partial charge in [0, 0.05) is 18.2 Å². The molecular formula is C12H13ClN2O5. The van der Waals surface area contributed by atoms with E-state index < -0.39 is 23.4 Å². The van der Waals surface area contributed by atoms with Gasteiger partial charge in [-0.05, 0) is 19.9 Å². The Hall–Kier alpha value is -2.15. The number of nitro groups is 1. The normalized spacial score (nSPS) is 10.2. The highest BCUT2D eigenvalue weighted by atomic mass is 35.5. The summed E-state index contributed by atoms with van der Waals surface area (Å²) in [5, 5.41) is 13.2. The number of nitrogens with zero attached hydrogens (tertiary/aromatic N) is 1. The number of rotatable bonds is 5. The second-order valence-electron chi connectivity index (χ2n) is 4.22. The maximum atomic E-state index is 11.7. The molecule has 0 aliphatic heterocycles. The number of halogens is 1. The van der Waals surface area contributed by atoms with Crippen LogP contribution in [0.2, 0.25) is 5.02 Å². The van der Waals surface area contributed by atoms with Crippen LogP contribution in [-0.2, 0) is 9.53 Å². The maximum Gasteiger partial charge on any atom is 0.340 e. The van der Waals surface area contributed by atoms with Crippen molar-refractivity contribution >= 4 is 29.2 Å². The summed E-state index contributed by atoms with van der Waals surface area (Å²) in [6.07, 6.45) is 0. The molecule has 0 heterocycles. The van der Waals surface area contributed by atoms with Gasteiger partial charge >= 0.3 is 5.97 Å². The lowest BCUT2D eigenvalue weighted by Gasteiger charge is -2.09. The topological polar surface area (TPSA) is 98.5 Å². The van der Waals surface area contributed by atoms with Gasteiger partial charge in [-0.2, -0.15) is 0 Å². The monoisotopic (exact) mass is 300 g/mol. The van der Waals surface area contributed by atoms with Crippen LogP contribution in [-0.4, -0.2) is 29.4 Å². The summed E-state index contributed by atoms with van der Waals surface area (Å²) in [6, 6.07) is 3.32. The Bertz CT molecular complexity index is 545. The van der Waals surface area contributed by atoms with E-state index in [-0.39, 0.29) is 22.3 Å². The van der Waals surface area contributed by atoms with Gasteiger partial charge < -0.3 is 10.1 Å². The molecule has 0 atom stereocenters.